The number of thiophene rings is 1. The highest BCUT2D eigenvalue weighted by Crippen LogP contribution is 2.27. The molecule has 0 atom stereocenters. The zero-order chi connectivity index (χ0) is 13.1. The van der Waals surface area contributed by atoms with Crippen molar-refractivity contribution in [1.82, 2.24) is 4.31 Å². The average Bonchev–Trinajstić information content (AvgIpc) is 2.72. The van der Waals surface area contributed by atoms with Crippen LogP contribution >= 0.6 is 22.9 Å². The molecule has 1 heterocycles. The van der Waals surface area contributed by atoms with Crippen LogP contribution in [0.5, 0.6) is 0 Å². The second-order valence-electron chi connectivity index (χ2n) is 3.21. The minimum absolute atomic E-state index is 0.0192. The van der Waals surface area contributed by atoms with Crippen LogP contribution in [0.2, 0.25) is 4.34 Å². The molecule has 1 aromatic heterocycles. The Bertz CT molecular complexity index is 497. The summed E-state index contributed by atoms with van der Waals surface area (Å²) in [5.41, 5.74) is 0. The lowest BCUT2D eigenvalue weighted by atomic mass is 10.4. The standard InChI is InChI=1S/C9H12ClNO4S2/c1-11(6-5-8(12)15-2)17(13,14)9-4-3-7(10)16-9/h3-4H,5-6H2,1-2H3. The van der Waals surface area contributed by atoms with Crippen molar-refractivity contribution in [2.75, 3.05) is 20.7 Å². The van der Waals surface area contributed by atoms with Crippen LogP contribution in [-0.2, 0) is 19.6 Å². The van der Waals surface area contributed by atoms with Crippen LogP contribution in [0.15, 0.2) is 16.3 Å². The minimum Gasteiger partial charge on any atom is -0.469 e. The monoisotopic (exact) mass is 297 g/mol. The van der Waals surface area contributed by atoms with E-state index in [1.54, 1.807) is 0 Å². The highest BCUT2D eigenvalue weighted by Gasteiger charge is 2.23. The number of carbonyl (C=O) groups excluding carboxylic acids is 1. The molecule has 5 nitrogen and oxygen atoms in total. The van der Waals surface area contributed by atoms with E-state index in [9.17, 15) is 13.2 Å². The van der Waals surface area contributed by atoms with E-state index < -0.39 is 16.0 Å². The maximum Gasteiger partial charge on any atom is 0.306 e. The number of rotatable bonds is 5. The summed E-state index contributed by atoms with van der Waals surface area (Å²) in [5.74, 6) is -0.448. The lowest BCUT2D eigenvalue weighted by molar-refractivity contribution is -0.140. The van der Waals surface area contributed by atoms with Crippen LogP contribution in [-0.4, -0.2) is 39.4 Å². The highest BCUT2D eigenvalue weighted by molar-refractivity contribution is 7.91. The average molecular weight is 298 g/mol. The smallest absolute Gasteiger partial charge is 0.306 e. The summed E-state index contributed by atoms with van der Waals surface area (Å²) in [7, 11) is -0.894. The number of hydrogen-bond acceptors (Lipinski definition) is 5. The molecule has 0 saturated heterocycles. The quantitative estimate of drug-likeness (QED) is 0.774. The first-order chi connectivity index (χ1) is 7.87. The minimum atomic E-state index is -3.56. The van der Waals surface area contributed by atoms with Gasteiger partial charge in [0.05, 0.1) is 17.9 Å². The first-order valence-electron chi connectivity index (χ1n) is 4.66. The van der Waals surface area contributed by atoms with Gasteiger partial charge in [0, 0.05) is 13.6 Å². The molecular weight excluding hydrogens is 286 g/mol. The number of ether oxygens (including phenoxy) is 1. The second kappa shape index (κ2) is 5.81. The molecule has 1 aromatic rings. The molecule has 0 fully saturated rings. The topological polar surface area (TPSA) is 63.7 Å². The lowest BCUT2D eigenvalue weighted by Crippen LogP contribution is -2.28. The molecule has 0 aromatic carbocycles. The van der Waals surface area contributed by atoms with Crippen LogP contribution in [0.4, 0.5) is 0 Å². The molecule has 0 N–H and O–H groups in total. The molecule has 8 heteroatoms. The van der Waals surface area contributed by atoms with Gasteiger partial charge >= 0.3 is 5.97 Å². The maximum absolute atomic E-state index is 12.0. The Balaban J connectivity index is 2.74. The van der Waals surface area contributed by atoms with Crippen LogP contribution in [0.1, 0.15) is 6.42 Å². The maximum atomic E-state index is 12.0. The fourth-order valence-corrected chi connectivity index (χ4v) is 3.93. The van der Waals surface area contributed by atoms with Crippen molar-refractivity contribution in [2.45, 2.75) is 10.6 Å². The number of hydrogen-bond donors (Lipinski definition) is 0. The number of sulfonamides is 1. The predicted octanol–water partition coefficient (Wildman–Crippen LogP) is 1.59. The van der Waals surface area contributed by atoms with Crippen LogP contribution in [0.3, 0.4) is 0 Å². The summed E-state index contributed by atoms with van der Waals surface area (Å²) < 4.78 is 30.1. The van der Waals surface area contributed by atoms with E-state index >= 15 is 0 Å². The van der Waals surface area contributed by atoms with Crippen molar-refractivity contribution in [3.05, 3.63) is 16.5 Å². The number of methoxy groups -OCH3 is 1. The van der Waals surface area contributed by atoms with Gasteiger partial charge in [-0.15, -0.1) is 11.3 Å². The second-order valence-corrected chi connectivity index (χ2v) is 7.20. The SMILES string of the molecule is COC(=O)CCN(C)S(=O)(=O)c1ccc(Cl)s1. The number of esters is 1. The fraction of sp³-hybridized carbons (Fsp3) is 0.444. The van der Waals surface area contributed by atoms with Crippen molar-refractivity contribution in [1.29, 1.82) is 0 Å². The van der Waals surface area contributed by atoms with Gasteiger partial charge in [0.2, 0.25) is 0 Å². The van der Waals surface area contributed by atoms with E-state index in [4.69, 9.17) is 11.6 Å². The summed E-state index contributed by atoms with van der Waals surface area (Å²) in [4.78, 5) is 10.9. The molecular formula is C9H12ClNO4S2. The van der Waals surface area contributed by atoms with Crippen LogP contribution in [0, 0.1) is 0 Å². The molecule has 0 spiro atoms. The molecule has 0 unspecified atom stereocenters. The van der Waals surface area contributed by atoms with Gasteiger partial charge in [0.1, 0.15) is 4.21 Å². The van der Waals surface area contributed by atoms with Crippen molar-refractivity contribution in [2.24, 2.45) is 0 Å². The van der Waals surface area contributed by atoms with E-state index in [-0.39, 0.29) is 17.2 Å². The van der Waals surface area contributed by atoms with Crippen molar-refractivity contribution in [3.8, 4) is 0 Å². The Morgan fingerprint density at radius 1 is 1.53 bits per heavy atom. The Labute approximate surface area is 109 Å². The molecule has 0 amide bonds. The molecule has 0 aliphatic heterocycles. The van der Waals surface area contributed by atoms with E-state index in [0.29, 0.717) is 4.34 Å². The lowest BCUT2D eigenvalue weighted by Gasteiger charge is -2.14. The van der Waals surface area contributed by atoms with Gasteiger partial charge in [0.25, 0.3) is 10.0 Å². The predicted molar refractivity (Wildman–Crippen MR) is 65.8 cm³/mol. The summed E-state index contributed by atoms with van der Waals surface area (Å²) in [5, 5.41) is 0. The van der Waals surface area contributed by atoms with Crippen molar-refractivity contribution < 1.29 is 17.9 Å². The number of carbonyl (C=O) groups is 1. The first kappa shape index (κ1) is 14.4. The summed E-state index contributed by atoms with van der Waals surface area (Å²) in [6.45, 7) is 0.0739. The number of halogens is 1. The normalized spacial score (nSPS) is 11.8. The largest absolute Gasteiger partial charge is 0.469 e. The van der Waals surface area contributed by atoms with Crippen LogP contribution < -0.4 is 0 Å². The molecule has 0 aliphatic carbocycles. The van der Waals surface area contributed by atoms with Gasteiger partial charge < -0.3 is 4.74 Å². The Morgan fingerprint density at radius 2 is 2.18 bits per heavy atom. The summed E-state index contributed by atoms with van der Waals surface area (Å²) >= 11 is 6.67. The third-order valence-electron chi connectivity index (χ3n) is 2.07. The third kappa shape index (κ3) is 3.67. The molecule has 0 saturated carbocycles. The van der Waals surface area contributed by atoms with Gasteiger partial charge in [-0.25, -0.2) is 8.42 Å². The van der Waals surface area contributed by atoms with E-state index in [1.807, 2.05) is 0 Å². The highest BCUT2D eigenvalue weighted by atomic mass is 35.5. The zero-order valence-corrected chi connectivity index (χ0v) is 11.7. The molecule has 0 aliphatic rings. The van der Waals surface area contributed by atoms with E-state index in [2.05, 4.69) is 4.74 Å². The molecule has 96 valence electrons. The van der Waals surface area contributed by atoms with Crippen molar-refractivity contribution in [3.63, 3.8) is 0 Å². The Kier molecular flexibility index (Phi) is 4.93. The fourth-order valence-electron chi connectivity index (χ4n) is 1.06. The molecule has 17 heavy (non-hydrogen) atoms. The zero-order valence-electron chi connectivity index (χ0n) is 9.34. The summed E-state index contributed by atoms with van der Waals surface area (Å²) in [6, 6.07) is 2.96. The number of nitrogens with zero attached hydrogens (tertiary/aromatic N) is 1. The van der Waals surface area contributed by atoms with Gasteiger partial charge in [-0.2, -0.15) is 4.31 Å². The summed E-state index contributed by atoms with van der Waals surface area (Å²) in [6.07, 6.45) is 0.0192. The Morgan fingerprint density at radius 3 is 2.65 bits per heavy atom. The Hall–Kier alpha value is -0.630. The van der Waals surface area contributed by atoms with Crippen molar-refractivity contribution >= 4 is 38.9 Å². The van der Waals surface area contributed by atoms with Gasteiger partial charge in [-0.1, -0.05) is 11.6 Å². The molecule has 0 radical (unpaired) electrons. The molecule has 1 rings (SSSR count). The van der Waals surface area contributed by atoms with Gasteiger partial charge in [-0.3, -0.25) is 4.79 Å². The van der Waals surface area contributed by atoms with Gasteiger partial charge in [0.15, 0.2) is 0 Å². The van der Waals surface area contributed by atoms with E-state index in [1.165, 1.54) is 26.3 Å². The van der Waals surface area contributed by atoms with Gasteiger partial charge in [-0.05, 0) is 12.1 Å². The first-order valence-corrected chi connectivity index (χ1v) is 7.30. The third-order valence-corrected chi connectivity index (χ3v) is 5.63. The van der Waals surface area contributed by atoms with E-state index in [0.717, 1.165) is 15.6 Å². The molecule has 0 bridgehead atoms. The van der Waals surface area contributed by atoms with Crippen LogP contribution in [0.25, 0.3) is 0 Å².